The lowest BCUT2D eigenvalue weighted by Gasteiger charge is -2.08. The summed E-state index contributed by atoms with van der Waals surface area (Å²) in [5.74, 6) is -0.289. The van der Waals surface area contributed by atoms with Crippen molar-refractivity contribution < 1.29 is 14.3 Å². The van der Waals surface area contributed by atoms with Crippen molar-refractivity contribution >= 4 is 5.97 Å². The summed E-state index contributed by atoms with van der Waals surface area (Å²) in [6.45, 7) is 8.72. The zero-order valence-electron chi connectivity index (χ0n) is 9.67. The normalized spacial score (nSPS) is 23.6. The topological polar surface area (TPSA) is 38.8 Å². The second-order valence-corrected chi connectivity index (χ2v) is 4.20. The summed E-state index contributed by atoms with van der Waals surface area (Å²) in [5.41, 5.74) is 0.629. The Morgan fingerprint density at radius 3 is 2.67 bits per heavy atom. The van der Waals surface area contributed by atoms with Gasteiger partial charge in [0.2, 0.25) is 0 Å². The Bertz CT molecular complexity index is 241. The van der Waals surface area contributed by atoms with Gasteiger partial charge in [0.1, 0.15) is 0 Å². The fourth-order valence-corrected chi connectivity index (χ4v) is 1.46. The molecule has 1 rings (SSSR count). The number of ether oxygens (including phenoxy) is 2. The van der Waals surface area contributed by atoms with E-state index in [0.29, 0.717) is 12.2 Å². The lowest BCUT2D eigenvalue weighted by Crippen LogP contribution is -2.10. The van der Waals surface area contributed by atoms with Crippen molar-refractivity contribution in [1.82, 2.24) is 0 Å². The number of unbranched alkanes of at least 4 members (excludes halogenated alkanes) is 1. The molecule has 15 heavy (non-hydrogen) atoms. The van der Waals surface area contributed by atoms with E-state index in [9.17, 15) is 4.79 Å². The van der Waals surface area contributed by atoms with E-state index in [-0.39, 0.29) is 11.6 Å². The SMILES string of the molecule is C=C(C)C(=O)OCCCCC1(CC)CO1. The molecule has 1 heterocycles. The van der Waals surface area contributed by atoms with Gasteiger partial charge in [0.05, 0.1) is 18.8 Å². The van der Waals surface area contributed by atoms with Crippen LogP contribution >= 0.6 is 0 Å². The summed E-state index contributed by atoms with van der Waals surface area (Å²) >= 11 is 0. The first kappa shape index (κ1) is 12.2. The molecule has 3 nitrogen and oxygen atoms in total. The molecule has 0 aromatic heterocycles. The molecule has 0 aromatic carbocycles. The van der Waals surface area contributed by atoms with Crippen LogP contribution in [-0.4, -0.2) is 24.8 Å². The number of carbonyl (C=O) groups excluding carboxylic acids is 1. The fourth-order valence-electron chi connectivity index (χ4n) is 1.46. The predicted molar refractivity (Wildman–Crippen MR) is 58.6 cm³/mol. The fraction of sp³-hybridized carbons (Fsp3) is 0.750. The van der Waals surface area contributed by atoms with E-state index in [1.54, 1.807) is 6.92 Å². The molecule has 0 aromatic rings. The number of carbonyl (C=O) groups is 1. The highest BCUT2D eigenvalue weighted by molar-refractivity contribution is 5.86. The van der Waals surface area contributed by atoms with Crippen molar-refractivity contribution in [2.45, 2.75) is 45.1 Å². The zero-order chi connectivity index (χ0) is 11.3. The molecule has 0 amide bonds. The van der Waals surface area contributed by atoms with Crippen LogP contribution in [0, 0.1) is 0 Å². The number of epoxide rings is 1. The van der Waals surface area contributed by atoms with Gasteiger partial charge in [0, 0.05) is 5.57 Å². The Balaban J connectivity index is 1.98. The molecule has 1 aliphatic rings. The third-order valence-electron chi connectivity index (χ3n) is 2.81. The number of esters is 1. The van der Waals surface area contributed by atoms with Gasteiger partial charge in [-0.25, -0.2) is 4.79 Å². The van der Waals surface area contributed by atoms with Crippen molar-refractivity contribution in [2.24, 2.45) is 0 Å². The van der Waals surface area contributed by atoms with Gasteiger partial charge in [-0.05, 0) is 32.6 Å². The standard InChI is InChI=1S/C12H20O3/c1-4-12(9-15-12)7-5-6-8-14-11(13)10(2)3/h2,4-9H2,1,3H3. The summed E-state index contributed by atoms with van der Waals surface area (Å²) in [6, 6.07) is 0. The van der Waals surface area contributed by atoms with Crippen molar-refractivity contribution in [3.8, 4) is 0 Å². The van der Waals surface area contributed by atoms with E-state index >= 15 is 0 Å². The molecule has 0 radical (unpaired) electrons. The van der Waals surface area contributed by atoms with Crippen LogP contribution in [0.3, 0.4) is 0 Å². The van der Waals surface area contributed by atoms with Gasteiger partial charge >= 0.3 is 5.97 Å². The highest BCUT2D eigenvalue weighted by Gasteiger charge is 2.41. The summed E-state index contributed by atoms with van der Waals surface area (Å²) in [6.07, 6.45) is 4.12. The van der Waals surface area contributed by atoms with Crippen LogP contribution in [0.5, 0.6) is 0 Å². The molecule has 1 fully saturated rings. The highest BCUT2D eigenvalue weighted by Crippen LogP contribution is 2.35. The molecule has 3 heteroatoms. The molecule has 0 bridgehead atoms. The average Bonchev–Trinajstić information content (AvgIpc) is 2.97. The van der Waals surface area contributed by atoms with Crippen LogP contribution in [0.15, 0.2) is 12.2 Å². The van der Waals surface area contributed by atoms with Gasteiger partial charge in [-0.1, -0.05) is 13.5 Å². The van der Waals surface area contributed by atoms with Gasteiger partial charge in [-0.3, -0.25) is 0 Å². The van der Waals surface area contributed by atoms with Crippen LogP contribution in [0.1, 0.15) is 39.5 Å². The van der Waals surface area contributed by atoms with Crippen LogP contribution < -0.4 is 0 Å². The molecule has 0 aliphatic carbocycles. The summed E-state index contributed by atoms with van der Waals surface area (Å²) in [7, 11) is 0. The number of hydrogen-bond donors (Lipinski definition) is 0. The van der Waals surface area contributed by atoms with Crippen molar-refractivity contribution in [3.63, 3.8) is 0 Å². The lowest BCUT2D eigenvalue weighted by molar-refractivity contribution is -0.139. The van der Waals surface area contributed by atoms with Crippen LogP contribution in [-0.2, 0) is 14.3 Å². The maximum absolute atomic E-state index is 11.0. The Labute approximate surface area is 91.4 Å². The molecule has 1 atom stereocenters. The van der Waals surface area contributed by atoms with Gasteiger partial charge in [-0.2, -0.15) is 0 Å². The first-order chi connectivity index (χ1) is 7.09. The molecule has 1 saturated heterocycles. The molecule has 0 saturated carbocycles. The van der Waals surface area contributed by atoms with E-state index < -0.39 is 0 Å². The predicted octanol–water partition coefficient (Wildman–Crippen LogP) is 2.46. The molecular formula is C12H20O3. The van der Waals surface area contributed by atoms with Crippen LogP contribution in [0.2, 0.25) is 0 Å². The van der Waals surface area contributed by atoms with Gasteiger partial charge in [-0.15, -0.1) is 0 Å². The van der Waals surface area contributed by atoms with E-state index in [1.807, 2.05) is 0 Å². The monoisotopic (exact) mass is 212 g/mol. The minimum atomic E-state index is -0.289. The van der Waals surface area contributed by atoms with E-state index in [1.165, 1.54) is 0 Å². The Morgan fingerprint density at radius 2 is 2.20 bits per heavy atom. The zero-order valence-corrected chi connectivity index (χ0v) is 9.67. The quantitative estimate of drug-likeness (QED) is 0.281. The maximum atomic E-state index is 11.0. The summed E-state index contributed by atoms with van der Waals surface area (Å²) in [4.78, 5) is 11.0. The molecular weight excluding hydrogens is 192 g/mol. The van der Waals surface area contributed by atoms with Crippen molar-refractivity contribution in [2.75, 3.05) is 13.2 Å². The molecule has 1 aliphatic heterocycles. The van der Waals surface area contributed by atoms with E-state index in [0.717, 1.165) is 32.3 Å². The minimum absolute atomic E-state index is 0.165. The van der Waals surface area contributed by atoms with Gasteiger partial charge < -0.3 is 9.47 Å². The van der Waals surface area contributed by atoms with Gasteiger partial charge in [0.25, 0.3) is 0 Å². The Kier molecular flexibility index (Phi) is 4.33. The first-order valence-electron chi connectivity index (χ1n) is 5.56. The average molecular weight is 212 g/mol. The van der Waals surface area contributed by atoms with Crippen LogP contribution in [0.25, 0.3) is 0 Å². The molecule has 0 N–H and O–H groups in total. The second-order valence-electron chi connectivity index (χ2n) is 4.20. The third-order valence-corrected chi connectivity index (χ3v) is 2.81. The third kappa shape index (κ3) is 4.04. The lowest BCUT2D eigenvalue weighted by atomic mass is 10.0. The largest absolute Gasteiger partial charge is 0.462 e. The molecule has 1 unspecified atom stereocenters. The molecule has 0 spiro atoms. The summed E-state index contributed by atoms with van der Waals surface area (Å²) < 4.78 is 10.4. The second kappa shape index (κ2) is 5.31. The Hall–Kier alpha value is -0.830. The van der Waals surface area contributed by atoms with E-state index in [2.05, 4.69) is 13.5 Å². The number of rotatable bonds is 7. The van der Waals surface area contributed by atoms with Gasteiger partial charge in [0.15, 0.2) is 0 Å². The van der Waals surface area contributed by atoms with E-state index in [4.69, 9.17) is 9.47 Å². The Morgan fingerprint density at radius 1 is 1.53 bits per heavy atom. The first-order valence-corrected chi connectivity index (χ1v) is 5.56. The van der Waals surface area contributed by atoms with Crippen molar-refractivity contribution in [3.05, 3.63) is 12.2 Å². The summed E-state index contributed by atoms with van der Waals surface area (Å²) in [5, 5.41) is 0. The maximum Gasteiger partial charge on any atom is 0.333 e. The number of hydrogen-bond acceptors (Lipinski definition) is 3. The minimum Gasteiger partial charge on any atom is -0.462 e. The highest BCUT2D eigenvalue weighted by atomic mass is 16.6. The molecule has 86 valence electrons. The van der Waals surface area contributed by atoms with Crippen molar-refractivity contribution in [1.29, 1.82) is 0 Å². The smallest absolute Gasteiger partial charge is 0.333 e. The van der Waals surface area contributed by atoms with Crippen LogP contribution in [0.4, 0.5) is 0 Å².